The van der Waals surface area contributed by atoms with Gasteiger partial charge in [0.2, 0.25) is 0 Å². The molecule has 1 aromatic carbocycles. The predicted molar refractivity (Wildman–Crippen MR) is 124 cm³/mol. The van der Waals surface area contributed by atoms with Gasteiger partial charge in [-0.1, -0.05) is 12.1 Å². The molecule has 182 valence electrons. The number of hydrogen-bond acceptors (Lipinski definition) is 7. The SMILES string of the molecule is Cc1nnc(N[C@H](C)c2cccc(C(F)(F)CO)c2F)c2cc(N3CCC(C)(O)CC3)cnc12. The summed E-state index contributed by atoms with van der Waals surface area (Å²) in [5.41, 5.74) is 0.586. The molecule has 7 nitrogen and oxygen atoms in total. The van der Waals surface area contributed by atoms with Gasteiger partial charge in [0.25, 0.3) is 5.92 Å². The van der Waals surface area contributed by atoms with E-state index < -0.39 is 35.6 Å². The largest absolute Gasteiger partial charge is 0.390 e. The van der Waals surface area contributed by atoms with Crippen molar-refractivity contribution in [3.8, 4) is 0 Å². The molecule has 4 rings (SSSR count). The van der Waals surface area contributed by atoms with Gasteiger partial charge in [-0.25, -0.2) is 4.39 Å². The molecule has 0 aliphatic carbocycles. The number of anilines is 2. The lowest BCUT2D eigenvalue weighted by Gasteiger charge is -2.37. The Morgan fingerprint density at radius 2 is 1.94 bits per heavy atom. The number of aliphatic hydroxyl groups excluding tert-OH is 1. The van der Waals surface area contributed by atoms with Crippen LogP contribution in [-0.4, -0.2) is 50.7 Å². The molecule has 3 N–H and O–H groups in total. The van der Waals surface area contributed by atoms with Gasteiger partial charge < -0.3 is 20.4 Å². The Labute approximate surface area is 195 Å². The molecular weight excluding hydrogens is 447 g/mol. The first-order valence-electron chi connectivity index (χ1n) is 11.2. The summed E-state index contributed by atoms with van der Waals surface area (Å²) in [7, 11) is 0. The molecule has 0 spiro atoms. The van der Waals surface area contributed by atoms with Crippen molar-refractivity contribution in [2.45, 2.75) is 51.2 Å². The topological polar surface area (TPSA) is 94.4 Å². The number of hydrogen-bond donors (Lipinski definition) is 3. The summed E-state index contributed by atoms with van der Waals surface area (Å²) in [5, 5.41) is 31.3. The Morgan fingerprint density at radius 1 is 1.24 bits per heavy atom. The van der Waals surface area contributed by atoms with E-state index in [9.17, 15) is 18.3 Å². The quantitative estimate of drug-likeness (QED) is 0.495. The van der Waals surface area contributed by atoms with Crippen molar-refractivity contribution in [2.75, 3.05) is 29.9 Å². The van der Waals surface area contributed by atoms with Crippen molar-refractivity contribution in [1.82, 2.24) is 15.2 Å². The molecule has 10 heteroatoms. The molecule has 0 radical (unpaired) electrons. The average Bonchev–Trinajstić information content (AvgIpc) is 2.80. The molecule has 3 aromatic rings. The Bertz CT molecular complexity index is 1190. The second-order valence-corrected chi connectivity index (χ2v) is 9.15. The van der Waals surface area contributed by atoms with E-state index in [0.29, 0.717) is 48.3 Å². The lowest BCUT2D eigenvalue weighted by Crippen LogP contribution is -2.42. The normalized spacial score (nSPS) is 17.1. The van der Waals surface area contributed by atoms with Crippen LogP contribution >= 0.6 is 0 Å². The Morgan fingerprint density at radius 3 is 2.62 bits per heavy atom. The number of nitrogens with one attached hydrogen (secondary N) is 1. The van der Waals surface area contributed by atoms with Crippen LogP contribution in [0.4, 0.5) is 24.7 Å². The maximum absolute atomic E-state index is 14.9. The fraction of sp³-hybridized carbons (Fsp3) is 0.458. The first-order chi connectivity index (χ1) is 16.0. The molecule has 2 aromatic heterocycles. The van der Waals surface area contributed by atoms with E-state index in [1.165, 1.54) is 12.1 Å². The number of fused-ring (bicyclic) bond motifs is 1. The minimum atomic E-state index is -3.69. The molecule has 1 saturated heterocycles. The average molecular weight is 476 g/mol. The van der Waals surface area contributed by atoms with Gasteiger partial charge >= 0.3 is 0 Å². The predicted octanol–water partition coefficient (Wildman–Crippen LogP) is 4.08. The van der Waals surface area contributed by atoms with Crippen molar-refractivity contribution in [2.24, 2.45) is 0 Å². The number of aliphatic hydroxyl groups is 2. The van der Waals surface area contributed by atoms with Crippen LogP contribution in [0.15, 0.2) is 30.5 Å². The van der Waals surface area contributed by atoms with Gasteiger partial charge in [-0.05, 0) is 45.7 Å². The minimum Gasteiger partial charge on any atom is -0.390 e. The van der Waals surface area contributed by atoms with Crippen LogP contribution in [0.5, 0.6) is 0 Å². The zero-order chi connectivity index (χ0) is 24.7. The van der Waals surface area contributed by atoms with Crippen LogP contribution in [0.3, 0.4) is 0 Å². The monoisotopic (exact) mass is 475 g/mol. The number of halogens is 3. The summed E-state index contributed by atoms with van der Waals surface area (Å²) in [4.78, 5) is 6.69. The van der Waals surface area contributed by atoms with Crippen molar-refractivity contribution < 1.29 is 23.4 Å². The van der Waals surface area contributed by atoms with Gasteiger partial charge in [-0.15, -0.1) is 5.10 Å². The highest BCUT2D eigenvalue weighted by atomic mass is 19.3. The number of nitrogens with zero attached hydrogens (tertiary/aromatic N) is 4. The number of aromatic nitrogens is 3. The van der Waals surface area contributed by atoms with E-state index in [-0.39, 0.29) is 5.56 Å². The molecular formula is C24H28F3N5O2. The number of alkyl halides is 2. The third-order valence-corrected chi connectivity index (χ3v) is 6.42. The summed E-state index contributed by atoms with van der Waals surface area (Å²) in [6.45, 7) is 5.12. The molecule has 1 fully saturated rings. The minimum absolute atomic E-state index is 0.0172. The second kappa shape index (κ2) is 8.99. The summed E-state index contributed by atoms with van der Waals surface area (Å²) < 4.78 is 42.9. The van der Waals surface area contributed by atoms with Crippen LogP contribution in [0.1, 0.15) is 49.6 Å². The third-order valence-electron chi connectivity index (χ3n) is 6.42. The maximum atomic E-state index is 14.9. The molecule has 0 saturated carbocycles. The van der Waals surface area contributed by atoms with Crippen LogP contribution in [-0.2, 0) is 5.92 Å². The Kier molecular flexibility index (Phi) is 6.39. The van der Waals surface area contributed by atoms with Crippen molar-refractivity contribution in [3.63, 3.8) is 0 Å². The fourth-order valence-electron chi connectivity index (χ4n) is 4.21. The van der Waals surface area contributed by atoms with Gasteiger partial charge in [-0.2, -0.15) is 13.9 Å². The van der Waals surface area contributed by atoms with Crippen molar-refractivity contribution in [1.29, 1.82) is 0 Å². The summed E-state index contributed by atoms with van der Waals surface area (Å²) in [5.74, 6) is -4.41. The van der Waals surface area contributed by atoms with Gasteiger partial charge in [0.05, 0.1) is 40.3 Å². The zero-order valence-corrected chi connectivity index (χ0v) is 19.3. The Balaban J connectivity index is 1.67. The van der Waals surface area contributed by atoms with Gasteiger partial charge in [0, 0.05) is 24.0 Å². The van der Waals surface area contributed by atoms with Gasteiger partial charge in [0.15, 0.2) is 5.82 Å². The van der Waals surface area contributed by atoms with E-state index in [4.69, 9.17) is 5.11 Å². The summed E-state index contributed by atoms with van der Waals surface area (Å²) in [6.07, 6.45) is 3.02. The molecule has 1 atom stereocenters. The first-order valence-corrected chi connectivity index (χ1v) is 11.2. The van der Waals surface area contributed by atoms with E-state index in [0.717, 1.165) is 11.8 Å². The highest BCUT2D eigenvalue weighted by molar-refractivity contribution is 5.92. The molecule has 1 aliphatic rings. The highest BCUT2D eigenvalue weighted by Crippen LogP contribution is 2.35. The maximum Gasteiger partial charge on any atom is 0.298 e. The highest BCUT2D eigenvalue weighted by Gasteiger charge is 2.35. The van der Waals surface area contributed by atoms with Crippen molar-refractivity contribution >= 4 is 22.4 Å². The van der Waals surface area contributed by atoms with Crippen molar-refractivity contribution in [3.05, 3.63) is 53.1 Å². The number of aryl methyl sites for hydroxylation is 1. The molecule has 0 amide bonds. The fourth-order valence-corrected chi connectivity index (χ4v) is 4.21. The van der Waals surface area contributed by atoms with Crippen LogP contribution in [0, 0.1) is 12.7 Å². The van der Waals surface area contributed by atoms with Crippen LogP contribution in [0.2, 0.25) is 0 Å². The first kappa shape index (κ1) is 24.2. The summed E-state index contributed by atoms with van der Waals surface area (Å²) >= 11 is 0. The smallest absolute Gasteiger partial charge is 0.298 e. The van der Waals surface area contributed by atoms with Gasteiger partial charge in [-0.3, -0.25) is 4.98 Å². The van der Waals surface area contributed by atoms with Gasteiger partial charge in [0.1, 0.15) is 12.4 Å². The number of piperidine rings is 1. The third kappa shape index (κ3) is 4.65. The number of rotatable bonds is 6. The molecule has 0 bridgehead atoms. The lowest BCUT2D eigenvalue weighted by molar-refractivity contribution is -0.0583. The van der Waals surface area contributed by atoms with E-state index in [2.05, 4.69) is 25.4 Å². The summed E-state index contributed by atoms with van der Waals surface area (Å²) in [6, 6.07) is 4.92. The van der Waals surface area contributed by atoms with E-state index in [1.54, 1.807) is 20.0 Å². The lowest BCUT2D eigenvalue weighted by atomic mass is 9.93. The van der Waals surface area contributed by atoms with Crippen LogP contribution in [0.25, 0.3) is 10.9 Å². The molecule has 3 heterocycles. The molecule has 34 heavy (non-hydrogen) atoms. The van der Waals surface area contributed by atoms with Crippen LogP contribution < -0.4 is 10.2 Å². The Hall–Kier alpha value is -2.98. The molecule has 0 unspecified atom stereocenters. The standard InChI is InChI=1S/C24H28F3N5O2/c1-14(17-5-4-6-19(20(17)25)24(26,27)13-33)29-22-18-11-16(12-28-21(18)15(2)30-31-22)32-9-7-23(3,34)8-10-32/h4-6,11-12,14,33-34H,7-10,13H2,1-3H3,(H,29,31)/t14-/m1/s1. The second-order valence-electron chi connectivity index (χ2n) is 9.15. The van der Waals surface area contributed by atoms with E-state index >= 15 is 0 Å². The molecule has 1 aliphatic heterocycles. The van der Waals surface area contributed by atoms with E-state index in [1.807, 2.05) is 13.0 Å². The number of pyridine rings is 1. The number of benzene rings is 1. The zero-order valence-electron chi connectivity index (χ0n) is 19.3.